The molecule has 0 rings (SSSR count). The summed E-state index contributed by atoms with van der Waals surface area (Å²) in [5.41, 5.74) is 0. The number of unbranched alkanes of at least 4 members (excludes halogenated alkanes) is 3. The Morgan fingerprint density at radius 3 is 2.37 bits per heavy atom. The number of esters is 1. The summed E-state index contributed by atoms with van der Waals surface area (Å²) in [5.74, 6) is 0.421. The standard InChI is InChI=1S/C15H29NO3/c1-4-19-15(18)11-10-14(17)16-12-8-6-5-7-9-13(2)3/h13H,4-12H2,1-3H3,(H,16,17). The molecule has 0 aromatic carbocycles. The van der Waals surface area contributed by atoms with Gasteiger partial charge in [0, 0.05) is 13.0 Å². The zero-order valence-corrected chi connectivity index (χ0v) is 12.7. The maximum Gasteiger partial charge on any atom is 0.306 e. The van der Waals surface area contributed by atoms with Crippen LogP contribution in [0.3, 0.4) is 0 Å². The number of ether oxygens (including phenoxy) is 1. The first-order valence-electron chi connectivity index (χ1n) is 7.48. The first kappa shape index (κ1) is 17.9. The van der Waals surface area contributed by atoms with Gasteiger partial charge in [0.25, 0.3) is 0 Å². The summed E-state index contributed by atoms with van der Waals surface area (Å²) in [5, 5.41) is 2.83. The number of hydrogen-bond donors (Lipinski definition) is 1. The number of carbonyl (C=O) groups excluding carboxylic acids is 2. The molecule has 0 aliphatic rings. The molecule has 4 heteroatoms. The molecule has 1 N–H and O–H groups in total. The lowest BCUT2D eigenvalue weighted by atomic mass is 10.0. The van der Waals surface area contributed by atoms with Crippen LogP contribution in [0.5, 0.6) is 0 Å². The lowest BCUT2D eigenvalue weighted by Crippen LogP contribution is -2.25. The van der Waals surface area contributed by atoms with Gasteiger partial charge < -0.3 is 10.1 Å². The Kier molecular flexibility index (Phi) is 11.3. The predicted molar refractivity (Wildman–Crippen MR) is 76.8 cm³/mol. The number of carbonyl (C=O) groups is 2. The quantitative estimate of drug-likeness (QED) is 0.464. The molecule has 0 aromatic rings. The highest BCUT2D eigenvalue weighted by molar-refractivity contribution is 5.81. The van der Waals surface area contributed by atoms with E-state index in [2.05, 4.69) is 19.2 Å². The molecule has 0 aliphatic heterocycles. The molecule has 4 nitrogen and oxygen atoms in total. The van der Waals surface area contributed by atoms with Crippen LogP contribution in [0.1, 0.15) is 65.7 Å². The molecule has 0 bridgehead atoms. The van der Waals surface area contributed by atoms with Crippen LogP contribution in [0, 0.1) is 5.92 Å². The normalized spacial score (nSPS) is 10.5. The van der Waals surface area contributed by atoms with Crippen LogP contribution in [-0.4, -0.2) is 25.0 Å². The first-order valence-corrected chi connectivity index (χ1v) is 7.48. The third-order valence-electron chi connectivity index (χ3n) is 2.89. The number of amides is 1. The largest absolute Gasteiger partial charge is 0.466 e. The molecule has 0 radical (unpaired) electrons. The molecular formula is C15H29NO3. The number of rotatable bonds is 11. The molecule has 0 aromatic heterocycles. The maximum absolute atomic E-state index is 11.4. The van der Waals surface area contributed by atoms with Crippen LogP contribution in [-0.2, 0) is 14.3 Å². The fourth-order valence-electron chi connectivity index (χ4n) is 1.80. The van der Waals surface area contributed by atoms with E-state index in [0.717, 1.165) is 18.8 Å². The molecule has 0 fully saturated rings. The Morgan fingerprint density at radius 2 is 1.74 bits per heavy atom. The van der Waals surface area contributed by atoms with E-state index < -0.39 is 0 Å². The molecule has 0 atom stereocenters. The average molecular weight is 271 g/mol. The van der Waals surface area contributed by atoms with E-state index >= 15 is 0 Å². The number of nitrogens with one attached hydrogen (secondary N) is 1. The van der Waals surface area contributed by atoms with Gasteiger partial charge in [-0.25, -0.2) is 0 Å². The minimum Gasteiger partial charge on any atom is -0.466 e. The maximum atomic E-state index is 11.4. The summed E-state index contributed by atoms with van der Waals surface area (Å²) in [6.45, 7) is 7.32. The Hall–Kier alpha value is -1.06. The second-order valence-electron chi connectivity index (χ2n) is 5.25. The summed E-state index contributed by atoms with van der Waals surface area (Å²) in [7, 11) is 0. The minimum absolute atomic E-state index is 0.0600. The summed E-state index contributed by atoms with van der Waals surface area (Å²) in [6, 6.07) is 0. The van der Waals surface area contributed by atoms with Crippen molar-refractivity contribution in [2.75, 3.05) is 13.2 Å². The van der Waals surface area contributed by atoms with Crippen molar-refractivity contribution in [3.05, 3.63) is 0 Å². The van der Waals surface area contributed by atoms with Crippen molar-refractivity contribution in [1.82, 2.24) is 5.32 Å². The molecule has 112 valence electrons. The van der Waals surface area contributed by atoms with Crippen LogP contribution < -0.4 is 5.32 Å². The Bertz CT molecular complexity index is 252. The van der Waals surface area contributed by atoms with Crippen molar-refractivity contribution >= 4 is 11.9 Å². The third kappa shape index (κ3) is 13.2. The van der Waals surface area contributed by atoms with Gasteiger partial charge in [0.2, 0.25) is 5.91 Å². The van der Waals surface area contributed by atoms with Gasteiger partial charge in [0.05, 0.1) is 13.0 Å². The van der Waals surface area contributed by atoms with Gasteiger partial charge in [-0.15, -0.1) is 0 Å². The van der Waals surface area contributed by atoms with Gasteiger partial charge in [0.15, 0.2) is 0 Å². The fraction of sp³-hybridized carbons (Fsp3) is 0.867. The Labute approximate surface area is 117 Å². The van der Waals surface area contributed by atoms with Gasteiger partial charge in [-0.1, -0.05) is 39.5 Å². The summed E-state index contributed by atoms with van der Waals surface area (Å²) in [4.78, 5) is 22.5. The van der Waals surface area contributed by atoms with E-state index in [1.807, 2.05) is 0 Å². The van der Waals surface area contributed by atoms with Crippen LogP contribution in [0.4, 0.5) is 0 Å². The zero-order valence-electron chi connectivity index (χ0n) is 12.7. The van der Waals surface area contributed by atoms with Crippen LogP contribution in [0.25, 0.3) is 0 Å². The minimum atomic E-state index is -0.300. The lowest BCUT2D eigenvalue weighted by Gasteiger charge is -2.06. The second kappa shape index (κ2) is 12.0. The Balaban J connectivity index is 3.32. The summed E-state index contributed by atoms with van der Waals surface area (Å²) < 4.78 is 4.76. The van der Waals surface area contributed by atoms with Gasteiger partial charge in [-0.2, -0.15) is 0 Å². The molecule has 0 spiro atoms. The molecule has 0 unspecified atom stereocenters. The van der Waals surface area contributed by atoms with E-state index in [1.165, 1.54) is 19.3 Å². The number of hydrogen-bond acceptors (Lipinski definition) is 3. The molecule has 1 amide bonds. The van der Waals surface area contributed by atoms with Crippen molar-refractivity contribution in [2.24, 2.45) is 5.92 Å². The smallest absolute Gasteiger partial charge is 0.306 e. The SMILES string of the molecule is CCOC(=O)CCC(=O)NCCCCCCC(C)C. The van der Waals surface area contributed by atoms with E-state index in [4.69, 9.17) is 4.74 Å². The lowest BCUT2D eigenvalue weighted by molar-refractivity contribution is -0.144. The van der Waals surface area contributed by atoms with Crippen LogP contribution >= 0.6 is 0 Å². The second-order valence-corrected chi connectivity index (χ2v) is 5.25. The topological polar surface area (TPSA) is 55.4 Å². The van der Waals surface area contributed by atoms with Gasteiger partial charge in [-0.3, -0.25) is 9.59 Å². The van der Waals surface area contributed by atoms with Crippen molar-refractivity contribution in [3.63, 3.8) is 0 Å². The molecule has 0 aliphatic carbocycles. The average Bonchev–Trinajstić information content (AvgIpc) is 2.35. The van der Waals surface area contributed by atoms with E-state index in [-0.39, 0.29) is 24.7 Å². The van der Waals surface area contributed by atoms with Crippen LogP contribution in [0.2, 0.25) is 0 Å². The monoisotopic (exact) mass is 271 g/mol. The van der Waals surface area contributed by atoms with Crippen molar-refractivity contribution in [3.8, 4) is 0 Å². The summed E-state index contributed by atoms with van der Waals surface area (Å²) in [6.07, 6.45) is 6.37. The van der Waals surface area contributed by atoms with Gasteiger partial charge in [-0.05, 0) is 19.3 Å². The highest BCUT2D eigenvalue weighted by Gasteiger charge is 2.06. The fourth-order valence-corrected chi connectivity index (χ4v) is 1.80. The van der Waals surface area contributed by atoms with Gasteiger partial charge >= 0.3 is 5.97 Å². The van der Waals surface area contributed by atoms with E-state index in [1.54, 1.807) is 6.92 Å². The highest BCUT2D eigenvalue weighted by atomic mass is 16.5. The first-order chi connectivity index (χ1) is 9.06. The molecule has 19 heavy (non-hydrogen) atoms. The molecular weight excluding hydrogens is 242 g/mol. The molecule has 0 heterocycles. The van der Waals surface area contributed by atoms with Gasteiger partial charge in [0.1, 0.15) is 0 Å². The zero-order chi connectivity index (χ0) is 14.5. The predicted octanol–water partition coefficient (Wildman–Crippen LogP) is 3.05. The summed E-state index contributed by atoms with van der Waals surface area (Å²) >= 11 is 0. The Morgan fingerprint density at radius 1 is 1.05 bits per heavy atom. The van der Waals surface area contributed by atoms with E-state index in [0.29, 0.717) is 13.2 Å². The van der Waals surface area contributed by atoms with Crippen LogP contribution in [0.15, 0.2) is 0 Å². The third-order valence-corrected chi connectivity index (χ3v) is 2.89. The highest BCUT2D eigenvalue weighted by Crippen LogP contribution is 2.08. The molecule has 0 saturated heterocycles. The van der Waals surface area contributed by atoms with Crippen molar-refractivity contribution in [2.45, 2.75) is 65.7 Å². The van der Waals surface area contributed by atoms with Crippen molar-refractivity contribution in [1.29, 1.82) is 0 Å². The van der Waals surface area contributed by atoms with Crippen molar-refractivity contribution < 1.29 is 14.3 Å². The molecule has 0 saturated carbocycles. The van der Waals surface area contributed by atoms with E-state index in [9.17, 15) is 9.59 Å².